The molecule has 324 valence electrons. The van der Waals surface area contributed by atoms with E-state index in [2.05, 4.69) is 59.6 Å². The van der Waals surface area contributed by atoms with Crippen molar-refractivity contribution in [1.29, 1.82) is 0 Å². The fourth-order valence-electron chi connectivity index (χ4n) is 6.23. The predicted molar refractivity (Wildman–Crippen MR) is 236 cm³/mol. The molecule has 0 bridgehead atoms. The molecule has 17 heteroatoms. The Morgan fingerprint density at radius 1 is 0.450 bits per heavy atom. The van der Waals surface area contributed by atoms with E-state index in [1.54, 1.807) is 48.5 Å². The minimum absolute atomic E-state index is 0. The van der Waals surface area contributed by atoms with Gasteiger partial charge in [-0.05, 0) is 74.2 Å². The van der Waals surface area contributed by atoms with E-state index >= 15 is 0 Å². The van der Waals surface area contributed by atoms with E-state index in [4.69, 9.17) is 0 Å². The van der Waals surface area contributed by atoms with Crippen molar-refractivity contribution in [3.05, 3.63) is 117 Å². The molecular formula is C43H58ClN9O7. The Balaban J connectivity index is 0.000000584. The van der Waals surface area contributed by atoms with Gasteiger partial charge in [0, 0.05) is 35.6 Å². The number of nitro benzene ring substituents is 2. The van der Waals surface area contributed by atoms with Crippen molar-refractivity contribution in [2.45, 2.75) is 79.1 Å². The van der Waals surface area contributed by atoms with Gasteiger partial charge >= 0.3 is 18.1 Å². The van der Waals surface area contributed by atoms with Crippen LogP contribution in [0.5, 0.6) is 0 Å². The molecule has 0 atom stereocenters. The van der Waals surface area contributed by atoms with Gasteiger partial charge in [-0.1, -0.05) is 77.6 Å². The summed E-state index contributed by atoms with van der Waals surface area (Å²) < 4.78 is 1.42. The first-order valence-electron chi connectivity index (χ1n) is 20.2. The lowest BCUT2D eigenvalue weighted by Gasteiger charge is -2.39. The standard InChI is InChI=1S/C27H22N8O7.C16H36N.ClH/c36-25(28-17-9-13-19(14-10-17)34(39)40)30-21-5-1-3-7-23(21)32-27(38)33-24-8-4-2-6-22(24)31-26(37)29-18-11-15-20(16-12-18)35(41)42;1-5-9-13-17(14-10-6-2,15-11-7-3)16-12-8-4;/h1-16H,(H2,28,30,36)(H2,29,31,37)(H2,32,33,38);5-16H2,1-4H3;1H/q;+1;/p-1. The first-order chi connectivity index (χ1) is 28.4. The number of quaternary nitrogens is 1. The van der Waals surface area contributed by atoms with E-state index in [1.807, 2.05) is 0 Å². The maximum absolute atomic E-state index is 12.8. The Kier molecular flexibility index (Phi) is 22.2. The number of para-hydroxylation sites is 4. The van der Waals surface area contributed by atoms with Crippen LogP contribution in [0.25, 0.3) is 0 Å². The second-order valence-corrected chi connectivity index (χ2v) is 14.1. The van der Waals surface area contributed by atoms with E-state index in [9.17, 15) is 34.6 Å². The maximum atomic E-state index is 12.8. The van der Waals surface area contributed by atoms with Crippen molar-refractivity contribution in [1.82, 2.24) is 0 Å². The van der Waals surface area contributed by atoms with E-state index in [0.717, 1.165) is 0 Å². The molecule has 60 heavy (non-hydrogen) atoms. The third kappa shape index (κ3) is 17.3. The number of carbonyl (C=O) groups excluding carboxylic acids is 3. The summed E-state index contributed by atoms with van der Waals surface area (Å²) in [4.78, 5) is 58.3. The number of rotatable bonds is 20. The van der Waals surface area contributed by atoms with Crippen LogP contribution in [0.15, 0.2) is 97.1 Å². The molecule has 16 nitrogen and oxygen atoms in total. The van der Waals surface area contributed by atoms with Gasteiger partial charge in [-0.15, -0.1) is 0 Å². The fraction of sp³-hybridized carbons (Fsp3) is 0.372. The number of nitrogens with one attached hydrogen (secondary N) is 6. The zero-order chi connectivity index (χ0) is 43.0. The molecule has 0 spiro atoms. The van der Waals surface area contributed by atoms with Crippen LogP contribution in [-0.2, 0) is 0 Å². The summed E-state index contributed by atoms with van der Waals surface area (Å²) in [6.45, 7) is 15.0. The average molecular weight is 848 g/mol. The Hall–Kier alpha value is -6.26. The Labute approximate surface area is 358 Å². The minimum atomic E-state index is -0.676. The van der Waals surface area contributed by atoms with Gasteiger partial charge in [-0.25, -0.2) is 14.4 Å². The van der Waals surface area contributed by atoms with Crippen molar-refractivity contribution in [3.8, 4) is 0 Å². The number of hydrogen-bond acceptors (Lipinski definition) is 7. The Morgan fingerprint density at radius 2 is 0.700 bits per heavy atom. The van der Waals surface area contributed by atoms with E-state index in [0.29, 0.717) is 11.4 Å². The normalized spacial score (nSPS) is 10.5. The maximum Gasteiger partial charge on any atom is 0.323 e. The lowest BCUT2D eigenvalue weighted by atomic mass is 10.1. The summed E-state index contributed by atoms with van der Waals surface area (Å²) in [6.07, 6.45) is 11.1. The highest BCUT2D eigenvalue weighted by Crippen LogP contribution is 2.25. The molecule has 0 fully saturated rings. The number of urea groups is 3. The molecule has 6 N–H and O–H groups in total. The van der Waals surface area contributed by atoms with Gasteiger partial charge in [0.25, 0.3) is 11.4 Å². The van der Waals surface area contributed by atoms with Crippen molar-refractivity contribution in [2.75, 3.05) is 58.1 Å². The molecule has 0 aromatic heterocycles. The summed E-state index contributed by atoms with van der Waals surface area (Å²) in [6, 6.07) is 21.4. The van der Waals surface area contributed by atoms with Crippen LogP contribution in [0.2, 0.25) is 0 Å². The molecule has 0 aliphatic carbocycles. The topological polar surface area (TPSA) is 210 Å². The monoisotopic (exact) mass is 847 g/mol. The molecule has 6 amide bonds. The van der Waals surface area contributed by atoms with Gasteiger partial charge in [0.1, 0.15) is 0 Å². The number of benzene rings is 4. The number of unbranched alkanes of at least 4 members (excludes halogenated alkanes) is 4. The van der Waals surface area contributed by atoms with Gasteiger partial charge in [-0.2, -0.15) is 0 Å². The Bertz CT molecular complexity index is 1810. The average Bonchev–Trinajstić information content (AvgIpc) is 3.22. The second-order valence-electron chi connectivity index (χ2n) is 14.1. The highest BCUT2D eigenvalue weighted by molar-refractivity contribution is 6.08. The number of hydrogen-bond donors (Lipinski definition) is 6. The second kappa shape index (κ2) is 26.7. The number of amides is 6. The SMILES string of the molecule is CCCC[N+](CCCC)(CCCC)CCCC.O=C(Nc1ccc([N+](=O)[O-])cc1)Nc1ccccc1NC(=O)Nc1ccccc1NC(=O)Nc1ccc([N+](=O)[O-])cc1.[Cl-]. The highest BCUT2D eigenvalue weighted by Gasteiger charge is 2.24. The van der Waals surface area contributed by atoms with E-state index in [-0.39, 0.29) is 46.5 Å². The third-order valence-corrected chi connectivity index (χ3v) is 9.46. The van der Waals surface area contributed by atoms with Crippen LogP contribution in [0.4, 0.5) is 59.9 Å². The van der Waals surface area contributed by atoms with Crippen LogP contribution in [-0.4, -0.2) is 58.6 Å². The molecule has 4 aromatic rings. The van der Waals surface area contributed by atoms with Crippen molar-refractivity contribution in [3.63, 3.8) is 0 Å². The van der Waals surface area contributed by atoms with Gasteiger partial charge in [-0.3, -0.25) is 20.2 Å². The predicted octanol–water partition coefficient (Wildman–Crippen LogP) is 8.44. The minimum Gasteiger partial charge on any atom is -1.00 e. The first-order valence-corrected chi connectivity index (χ1v) is 20.2. The van der Waals surface area contributed by atoms with Gasteiger partial charge < -0.3 is 48.8 Å². The zero-order valence-corrected chi connectivity index (χ0v) is 35.6. The number of halogens is 1. The largest absolute Gasteiger partial charge is 1.00 e. The number of non-ortho nitro benzene ring substituents is 2. The number of anilines is 6. The number of carbonyl (C=O) groups is 3. The lowest BCUT2D eigenvalue weighted by molar-refractivity contribution is -0.929. The van der Waals surface area contributed by atoms with Crippen LogP contribution < -0.4 is 44.3 Å². The van der Waals surface area contributed by atoms with Crippen molar-refractivity contribution < 1.29 is 41.1 Å². The fourth-order valence-corrected chi connectivity index (χ4v) is 6.23. The van der Waals surface area contributed by atoms with Gasteiger partial charge in [0.15, 0.2) is 0 Å². The van der Waals surface area contributed by atoms with E-state index in [1.165, 1.54) is 131 Å². The van der Waals surface area contributed by atoms with Crippen LogP contribution >= 0.6 is 0 Å². The molecule has 4 aromatic carbocycles. The molecule has 0 aliphatic rings. The Morgan fingerprint density at radius 3 is 0.933 bits per heavy atom. The van der Waals surface area contributed by atoms with Crippen LogP contribution in [0, 0.1) is 20.2 Å². The third-order valence-electron chi connectivity index (χ3n) is 9.46. The molecule has 0 radical (unpaired) electrons. The molecule has 0 saturated carbocycles. The molecule has 0 saturated heterocycles. The summed E-state index contributed by atoms with van der Waals surface area (Å²) in [5.41, 5.74) is 1.45. The number of nitrogens with zero attached hydrogens (tertiary/aromatic N) is 3. The lowest BCUT2D eigenvalue weighted by Crippen LogP contribution is -3.00. The van der Waals surface area contributed by atoms with Crippen molar-refractivity contribution >= 4 is 63.6 Å². The van der Waals surface area contributed by atoms with Crippen LogP contribution in [0.3, 0.4) is 0 Å². The van der Waals surface area contributed by atoms with Crippen molar-refractivity contribution in [2.24, 2.45) is 0 Å². The summed E-state index contributed by atoms with van der Waals surface area (Å²) in [7, 11) is 0. The highest BCUT2D eigenvalue weighted by atomic mass is 35.5. The quantitative estimate of drug-likeness (QED) is 0.0290. The summed E-state index contributed by atoms with van der Waals surface area (Å²) in [5.74, 6) is 0. The van der Waals surface area contributed by atoms with Gasteiger partial charge in [0.05, 0.1) is 58.8 Å². The van der Waals surface area contributed by atoms with Gasteiger partial charge in [0.2, 0.25) is 0 Å². The molecular weight excluding hydrogens is 790 g/mol. The number of nitro groups is 2. The summed E-state index contributed by atoms with van der Waals surface area (Å²) >= 11 is 0. The molecule has 0 unspecified atom stereocenters. The van der Waals surface area contributed by atoms with Crippen LogP contribution in [0.1, 0.15) is 79.1 Å². The molecule has 0 heterocycles. The first kappa shape index (κ1) is 49.9. The smallest absolute Gasteiger partial charge is 0.323 e. The zero-order valence-electron chi connectivity index (χ0n) is 34.8. The summed E-state index contributed by atoms with van der Waals surface area (Å²) in [5, 5.41) is 37.2. The molecule has 4 rings (SSSR count). The van der Waals surface area contributed by atoms with E-state index < -0.39 is 27.9 Å². The molecule has 0 aliphatic heterocycles.